The van der Waals surface area contributed by atoms with Crippen molar-refractivity contribution in [3.63, 3.8) is 0 Å². The summed E-state index contributed by atoms with van der Waals surface area (Å²) in [6.07, 6.45) is 4.16. The van der Waals surface area contributed by atoms with Crippen LogP contribution in [0.1, 0.15) is 98.4 Å². The maximum atomic E-state index is 6.71. The Labute approximate surface area is 401 Å². The van der Waals surface area contributed by atoms with Gasteiger partial charge in [0, 0.05) is 61.1 Å². The Morgan fingerprint density at radius 1 is 0.538 bits per heavy atom. The molecule has 0 spiro atoms. The van der Waals surface area contributed by atoms with Crippen LogP contribution in [-0.2, 0) is 42.7 Å². The summed E-state index contributed by atoms with van der Waals surface area (Å²) < 4.78 is 8.92. The number of nitrogens with zero attached hydrogens (tertiary/aromatic N) is 4. The van der Waals surface area contributed by atoms with Gasteiger partial charge in [0.15, 0.2) is 0 Å². The van der Waals surface area contributed by atoms with Crippen LogP contribution < -0.4 is 14.5 Å². The van der Waals surface area contributed by atoms with Gasteiger partial charge in [0.25, 0.3) is 0 Å². The van der Waals surface area contributed by atoms with Gasteiger partial charge in [-0.15, -0.1) is 48.1 Å². The zero-order valence-electron chi connectivity index (χ0n) is 39.5. The topological polar surface area (TPSA) is 33.5 Å². The normalized spacial score (nSPS) is 13.6. The molecule has 0 N–H and O–H groups in total. The molecule has 2 aromatic heterocycles. The molecule has 0 saturated carbocycles. The summed E-state index contributed by atoms with van der Waals surface area (Å²) in [5.74, 6) is 2.05. The van der Waals surface area contributed by atoms with Crippen molar-refractivity contribution in [2.45, 2.75) is 97.8 Å². The first-order chi connectivity index (χ1) is 30.3. The molecule has 0 fully saturated rings. The summed E-state index contributed by atoms with van der Waals surface area (Å²) in [7, 11) is 0. The Hall–Kier alpha value is -5.90. The van der Waals surface area contributed by atoms with E-state index in [1.807, 2.05) is 24.4 Å². The van der Waals surface area contributed by atoms with Crippen molar-refractivity contribution in [3.8, 4) is 28.4 Å². The molecule has 5 nitrogen and oxygen atoms in total. The molecule has 1 aliphatic rings. The molecule has 0 amide bonds. The van der Waals surface area contributed by atoms with Gasteiger partial charge in [-0.3, -0.25) is 0 Å². The van der Waals surface area contributed by atoms with Gasteiger partial charge in [0.2, 0.25) is 0 Å². The third-order valence-electron chi connectivity index (χ3n) is 12.7. The van der Waals surface area contributed by atoms with Crippen LogP contribution in [0.4, 0.5) is 11.4 Å². The van der Waals surface area contributed by atoms with Gasteiger partial charge in [-0.1, -0.05) is 161 Å². The van der Waals surface area contributed by atoms with E-state index in [4.69, 9.17) is 9.72 Å². The predicted molar refractivity (Wildman–Crippen MR) is 268 cm³/mol. The SMILES string of the molecule is CC(C)(C)c1cc(N2[CH-]N(c3[c-]c(Oc4[c-]c5c(cc4)c4cc(-c6ccccc6)ccc4n5-c4cc(C(C)(C)C)ccn4)ccc3)C=C2C(C)(C)c2ccccc2)cc(C(C)(C)C)c1.[Pt]. The second-order valence-electron chi connectivity index (χ2n) is 20.8. The van der Waals surface area contributed by atoms with Gasteiger partial charge in [0.05, 0.1) is 0 Å². The van der Waals surface area contributed by atoms with E-state index in [9.17, 15) is 0 Å². The molecule has 6 aromatic carbocycles. The second-order valence-corrected chi connectivity index (χ2v) is 20.8. The third kappa shape index (κ3) is 9.05. The van der Waals surface area contributed by atoms with Crippen molar-refractivity contribution in [1.82, 2.24) is 9.55 Å². The van der Waals surface area contributed by atoms with Crippen LogP contribution in [0.15, 0.2) is 158 Å². The van der Waals surface area contributed by atoms with E-state index in [-0.39, 0.29) is 42.7 Å². The fourth-order valence-corrected chi connectivity index (χ4v) is 8.64. The minimum Gasteiger partial charge on any atom is -0.509 e. The molecule has 0 radical (unpaired) electrons. The van der Waals surface area contributed by atoms with Crippen LogP contribution in [0.5, 0.6) is 11.5 Å². The molecule has 0 bridgehead atoms. The Morgan fingerprint density at radius 2 is 1.18 bits per heavy atom. The third-order valence-corrected chi connectivity index (χ3v) is 12.7. The van der Waals surface area contributed by atoms with Crippen molar-refractivity contribution in [2.75, 3.05) is 9.80 Å². The summed E-state index contributed by atoms with van der Waals surface area (Å²) in [5, 5.41) is 2.21. The Bertz CT molecular complexity index is 3000. The fourth-order valence-electron chi connectivity index (χ4n) is 8.64. The molecular formula is C59H59N4OPt-3. The van der Waals surface area contributed by atoms with Crippen LogP contribution >= 0.6 is 0 Å². The van der Waals surface area contributed by atoms with Crippen LogP contribution in [-0.4, -0.2) is 9.55 Å². The van der Waals surface area contributed by atoms with Gasteiger partial charge < -0.3 is 19.1 Å². The quantitative estimate of drug-likeness (QED) is 0.142. The first-order valence-corrected chi connectivity index (χ1v) is 22.4. The first-order valence-electron chi connectivity index (χ1n) is 22.4. The molecule has 0 unspecified atom stereocenters. The van der Waals surface area contributed by atoms with Crippen molar-refractivity contribution >= 4 is 33.2 Å². The predicted octanol–water partition coefficient (Wildman–Crippen LogP) is 15.4. The number of benzene rings is 6. The van der Waals surface area contributed by atoms with Crippen molar-refractivity contribution in [2.24, 2.45) is 0 Å². The number of ether oxygens (including phenoxy) is 1. The molecule has 3 heterocycles. The van der Waals surface area contributed by atoms with E-state index in [0.29, 0.717) is 11.5 Å². The molecule has 0 aliphatic carbocycles. The van der Waals surface area contributed by atoms with E-state index >= 15 is 0 Å². The van der Waals surface area contributed by atoms with Crippen molar-refractivity contribution < 1.29 is 25.8 Å². The van der Waals surface area contributed by atoms with Crippen LogP contribution in [0, 0.1) is 18.8 Å². The number of hydrogen-bond acceptors (Lipinski definition) is 4. The number of anilines is 2. The number of aromatic nitrogens is 2. The number of fused-ring (bicyclic) bond motifs is 3. The van der Waals surface area contributed by atoms with E-state index < -0.39 is 0 Å². The molecule has 6 heteroatoms. The van der Waals surface area contributed by atoms with Crippen LogP contribution in [0.3, 0.4) is 0 Å². The standard InChI is InChI=1S/C59H59N4O.Pt/c1-56(2,3)43-29-30-60-55(35-43)63-52-28-25-41(40-19-14-12-15-20-40)31-51(52)50-27-26-49(37-53(50)63)64-48-24-18-23-46(36-48)61-38-54(59(10,11)42-21-16-13-17-22-42)62(39-61)47-33-44(57(4,5)6)32-45(34-47)58(7,8)9;/h12-35,38-39H,1-11H3;/q-3;. The van der Waals surface area contributed by atoms with Crippen LogP contribution in [0.2, 0.25) is 0 Å². The molecule has 8 aromatic rings. The van der Waals surface area contributed by atoms with E-state index in [0.717, 1.165) is 50.3 Å². The van der Waals surface area contributed by atoms with E-state index in [1.54, 1.807) is 0 Å². The minimum atomic E-state index is -0.327. The summed E-state index contributed by atoms with van der Waals surface area (Å²) in [4.78, 5) is 9.47. The van der Waals surface area contributed by atoms with Crippen molar-refractivity contribution in [1.29, 1.82) is 0 Å². The average Bonchev–Trinajstić information content (AvgIpc) is 3.87. The Morgan fingerprint density at radius 3 is 1.85 bits per heavy atom. The van der Waals surface area contributed by atoms with Gasteiger partial charge in [-0.05, 0) is 91.5 Å². The van der Waals surface area contributed by atoms with Crippen LogP contribution in [0.25, 0.3) is 38.8 Å². The minimum absolute atomic E-state index is 0. The Kier molecular flexibility index (Phi) is 12.0. The Balaban J connectivity index is 0.00000576. The second kappa shape index (κ2) is 17.1. The number of rotatable bonds is 8. The smallest absolute Gasteiger partial charge is 0.135 e. The van der Waals surface area contributed by atoms with Gasteiger partial charge in [-0.25, -0.2) is 4.98 Å². The van der Waals surface area contributed by atoms with Gasteiger partial charge in [0.1, 0.15) is 5.82 Å². The summed E-state index contributed by atoms with van der Waals surface area (Å²) >= 11 is 0. The fraction of sp³-hybridized carbons (Fsp3) is 0.254. The molecule has 9 rings (SSSR count). The van der Waals surface area contributed by atoms with Gasteiger partial charge >= 0.3 is 0 Å². The average molecular weight is 1040 g/mol. The number of pyridine rings is 1. The largest absolute Gasteiger partial charge is 0.509 e. The summed E-state index contributed by atoms with van der Waals surface area (Å²) in [6, 6.07) is 57.0. The van der Waals surface area contributed by atoms with E-state index in [2.05, 4.69) is 237 Å². The number of allylic oxidation sites excluding steroid dienone is 1. The zero-order valence-corrected chi connectivity index (χ0v) is 41.8. The molecular weight excluding hydrogens is 976 g/mol. The summed E-state index contributed by atoms with van der Waals surface area (Å²) in [5.41, 5.74) is 12.1. The first kappa shape index (κ1) is 45.7. The number of hydrogen-bond donors (Lipinski definition) is 0. The zero-order chi connectivity index (χ0) is 45.2. The van der Waals surface area contributed by atoms with Gasteiger partial charge in [-0.2, -0.15) is 12.1 Å². The summed E-state index contributed by atoms with van der Waals surface area (Å²) in [6.45, 7) is 27.3. The van der Waals surface area contributed by atoms with Crippen molar-refractivity contribution in [3.05, 3.63) is 199 Å². The molecule has 0 atom stereocenters. The maximum absolute atomic E-state index is 6.71. The van der Waals surface area contributed by atoms with E-state index in [1.165, 1.54) is 27.8 Å². The molecule has 65 heavy (non-hydrogen) atoms. The molecule has 1 aliphatic heterocycles. The maximum Gasteiger partial charge on any atom is 0.135 e. The molecule has 0 saturated heterocycles. The molecule has 334 valence electrons. The monoisotopic (exact) mass is 1030 g/mol.